The third kappa shape index (κ3) is 6.50. The second-order valence-electron chi connectivity index (χ2n) is 10.0. The van der Waals surface area contributed by atoms with Gasteiger partial charge in [-0.05, 0) is 6.07 Å². The Morgan fingerprint density at radius 2 is 1.09 bits per heavy atom. The molecule has 1 N–H and O–H groups in total. The van der Waals surface area contributed by atoms with Gasteiger partial charge in [0.15, 0.2) is 0 Å². The predicted octanol–water partition coefficient (Wildman–Crippen LogP) is 3.69. The summed E-state index contributed by atoms with van der Waals surface area (Å²) in [6.07, 6.45) is 2.60. The number of para-hydroxylation sites is 1. The van der Waals surface area contributed by atoms with Crippen LogP contribution in [0.3, 0.4) is 0 Å². The quantitative estimate of drug-likeness (QED) is 0.185. The summed E-state index contributed by atoms with van der Waals surface area (Å²) in [7, 11) is 0. The van der Waals surface area contributed by atoms with E-state index in [1.807, 2.05) is 0 Å². The highest BCUT2D eigenvalue weighted by molar-refractivity contribution is 7.19. The van der Waals surface area contributed by atoms with Crippen molar-refractivity contribution in [3.63, 3.8) is 0 Å². The predicted molar refractivity (Wildman–Crippen MR) is 172 cm³/mol. The number of nitro benzene ring substituents is 1. The van der Waals surface area contributed by atoms with E-state index in [9.17, 15) is 14.9 Å². The summed E-state index contributed by atoms with van der Waals surface area (Å²) in [5, 5.41) is 10.8. The third-order valence-electron chi connectivity index (χ3n) is 7.53. The average Bonchev–Trinajstić information content (AvgIpc) is 3.62. The molecule has 0 fully saturated rings. The monoisotopic (exact) mass is 567 g/mol. The molecule has 43 heavy (non-hydrogen) atoms. The minimum absolute atomic E-state index is 0.0640. The Bertz CT molecular complexity index is 1540. The van der Waals surface area contributed by atoms with Gasteiger partial charge in [-0.1, -0.05) is 133 Å². The first-order chi connectivity index (χ1) is 21.1. The molecule has 1 aliphatic rings. The van der Waals surface area contributed by atoms with Crippen molar-refractivity contribution in [2.75, 3.05) is 0 Å². The fraction of sp³-hybridized carbons (Fsp3) is 0.0286. The van der Waals surface area contributed by atoms with E-state index in [0.29, 0.717) is 10.5 Å². The molecule has 0 radical (unpaired) electrons. The molecule has 5 aromatic rings. The molecular formula is C35H30BN3O4. The van der Waals surface area contributed by atoms with Gasteiger partial charge in [-0.25, -0.2) is 4.99 Å². The minimum atomic E-state index is -1.22. The number of benzene rings is 5. The van der Waals surface area contributed by atoms with E-state index in [1.165, 1.54) is 46.7 Å². The van der Waals surface area contributed by atoms with Crippen molar-refractivity contribution in [3.05, 3.63) is 174 Å². The van der Waals surface area contributed by atoms with Crippen molar-refractivity contribution >= 4 is 46.1 Å². The number of ether oxygens (including phenoxy) is 1. The zero-order valence-corrected chi connectivity index (χ0v) is 23.4. The van der Waals surface area contributed by atoms with Crippen LogP contribution in [0.25, 0.3) is 0 Å². The molecule has 1 amide bonds. The van der Waals surface area contributed by atoms with Crippen LogP contribution in [0, 0.1) is 10.1 Å². The van der Waals surface area contributed by atoms with E-state index in [-0.39, 0.29) is 12.3 Å². The Morgan fingerprint density at radius 1 is 0.674 bits per heavy atom. The molecule has 7 nitrogen and oxygen atoms in total. The van der Waals surface area contributed by atoms with Crippen molar-refractivity contribution in [1.29, 1.82) is 0 Å². The van der Waals surface area contributed by atoms with Crippen LogP contribution >= 0.6 is 0 Å². The maximum atomic E-state index is 11.5. The van der Waals surface area contributed by atoms with Gasteiger partial charge in [0.25, 0.3) is 5.69 Å². The van der Waals surface area contributed by atoms with Crippen LogP contribution in [0.1, 0.15) is 5.56 Å². The first kappa shape index (κ1) is 28.9. The molecule has 0 aromatic heterocycles. The highest BCUT2D eigenvalue weighted by Gasteiger charge is 2.31. The van der Waals surface area contributed by atoms with Gasteiger partial charge in [-0.2, -0.15) is 31.5 Å². The van der Waals surface area contributed by atoms with E-state index in [4.69, 9.17) is 4.74 Å². The molecular weight excluding hydrogens is 537 g/mol. The average molecular weight is 567 g/mol. The molecule has 5 aromatic carbocycles. The number of rotatable bonds is 7. The summed E-state index contributed by atoms with van der Waals surface area (Å²) in [5.41, 5.74) is 5.65. The van der Waals surface area contributed by atoms with Gasteiger partial charge in [-0.3, -0.25) is 10.1 Å². The van der Waals surface area contributed by atoms with Crippen LogP contribution in [-0.2, 0) is 11.3 Å². The van der Waals surface area contributed by atoms with Crippen molar-refractivity contribution in [2.24, 2.45) is 4.99 Å². The zero-order chi connectivity index (χ0) is 29.9. The lowest BCUT2D eigenvalue weighted by molar-refractivity contribution is -0.650. The molecule has 0 bridgehead atoms. The van der Waals surface area contributed by atoms with Gasteiger partial charge in [0.05, 0.1) is 16.7 Å². The maximum Gasteiger partial charge on any atom is 0.525 e. The fourth-order valence-electron chi connectivity index (χ4n) is 5.57. The highest BCUT2D eigenvalue weighted by atomic mass is 16.6. The van der Waals surface area contributed by atoms with E-state index in [0.717, 1.165) is 0 Å². The summed E-state index contributed by atoms with van der Waals surface area (Å²) in [4.78, 5) is 25.8. The van der Waals surface area contributed by atoms with Crippen molar-refractivity contribution in [1.82, 2.24) is 0 Å². The molecule has 1 unspecified atom stereocenters. The Balaban J connectivity index is 0.000000181. The van der Waals surface area contributed by atoms with Crippen molar-refractivity contribution in [3.8, 4) is 0 Å². The van der Waals surface area contributed by atoms with E-state index >= 15 is 0 Å². The molecule has 1 atom stereocenters. The van der Waals surface area contributed by atoms with Gasteiger partial charge >= 0.3 is 6.09 Å². The number of amides is 1. The summed E-state index contributed by atoms with van der Waals surface area (Å²) in [6.45, 7) is -0.138. The number of carbonyl (C=O) groups excluding carboxylic acids is 1. The molecule has 8 heteroatoms. The minimum Gasteiger partial charge on any atom is -0.414 e. The van der Waals surface area contributed by atoms with Crippen LogP contribution in [0.5, 0.6) is 0 Å². The summed E-state index contributed by atoms with van der Waals surface area (Å²) in [6, 6.07) is 49.7. The first-order valence-electron chi connectivity index (χ1n) is 13.9. The summed E-state index contributed by atoms with van der Waals surface area (Å²) >= 11 is 0. The highest BCUT2D eigenvalue weighted by Crippen LogP contribution is 2.18. The van der Waals surface area contributed by atoms with E-state index in [1.54, 1.807) is 18.2 Å². The van der Waals surface area contributed by atoms with Gasteiger partial charge in [0, 0.05) is 6.07 Å². The summed E-state index contributed by atoms with van der Waals surface area (Å²) < 4.78 is 4.98. The van der Waals surface area contributed by atoms with Crippen molar-refractivity contribution < 1.29 is 19.4 Å². The topological polar surface area (TPSA) is 86.2 Å². The number of hydrogen-bond acceptors (Lipinski definition) is 5. The number of carbonyl (C=O) groups is 1. The molecule has 0 spiro atoms. The van der Waals surface area contributed by atoms with Gasteiger partial charge in [0.1, 0.15) is 19.0 Å². The molecule has 6 rings (SSSR count). The standard InChI is InChI=1S/C24H20B.C11H9N3O4/c1-5-13-21(14-6-1)25(22-15-7-2-8-16-22,23-17-9-3-10-18-23)24-19-11-4-12-20-24;15-11(13-6-5-12-8-13)18-7-9-3-1-2-4-10(9)14(16)17/h1-20H;1-6,8H,7H2/q-1;/p+1. The number of aliphatic imine (C=N–C) groups is 1. The lowest BCUT2D eigenvalue weighted by Gasteiger charge is -2.44. The largest absolute Gasteiger partial charge is 0.525 e. The van der Waals surface area contributed by atoms with E-state index < -0.39 is 17.2 Å². The van der Waals surface area contributed by atoms with Crippen LogP contribution < -0.4 is 26.8 Å². The van der Waals surface area contributed by atoms with Crippen LogP contribution in [0.15, 0.2) is 163 Å². The maximum absolute atomic E-state index is 11.5. The molecule has 0 saturated carbocycles. The molecule has 0 aliphatic carbocycles. The smallest absolute Gasteiger partial charge is 0.414 e. The Labute approximate surface area is 250 Å². The lowest BCUT2D eigenvalue weighted by Crippen LogP contribution is -3.08. The first-order valence-corrected chi connectivity index (χ1v) is 13.9. The number of hydrogen-bond donors (Lipinski definition) is 1. The van der Waals surface area contributed by atoms with Gasteiger partial charge < -0.3 is 4.74 Å². The van der Waals surface area contributed by atoms with E-state index in [2.05, 4.69) is 126 Å². The Morgan fingerprint density at radius 3 is 1.49 bits per heavy atom. The van der Waals surface area contributed by atoms with Crippen LogP contribution in [-0.4, -0.2) is 23.5 Å². The third-order valence-corrected chi connectivity index (χ3v) is 7.53. The summed E-state index contributed by atoms with van der Waals surface area (Å²) in [5.74, 6) is 0. The second-order valence-corrected chi connectivity index (χ2v) is 10.0. The number of alkyl carbamates (subject to hydrolysis) is 2. The van der Waals surface area contributed by atoms with Gasteiger partial charge in [-0.15, -0.1) is 0 Å². The Hall–Kier alpha value is -5.60. The number of nitro groups is 1. The normalized spacial score (nSPS) is 13.5. The number of nitrogens with zero attached hydrogens (tertiary/aromatic N) is 2. The number of nitrogens with one attached hydrogen (secondary N) is 1. The SMILES string of the molecule is O=C(OCc1ccccc1[N+](=O)[O-])[NH+]1C=CN=C1.c1ccc([B-](c2ccccc2)(c2ccccc2)c2ccccc2)cc1. The molecule has 212 valence electrons. The fourth-order valence-corrected chi connectivity index (χ4v) is 5.57. The van der Waals surface area contributed by atoms with Gasteiger partial charge in [0.2, 0.25) is 6.34 Å². The second kappa shape index (κ2) is 13.8. The Kier molecular flexibility index (Phi) is 9.31. The number of quaternary nitrogens is 1. The zero-order valence-electron chi connectivity index (χ0n) is 23.4. The lowest BCUT2D eigenvalue weighted by atomic mass is 9.13. The van der Waals surface area contributed by atoms with Crippen LogP contribution in [0.4, 0.5) is 10.5 Å². The van der Waals surface area contributed by atoms with Crippen molar-refractivity contribution in [2.45, 2.75) is 6.61 Å². The van der Waals surface area contributed by atoms with Crippen LogP contribution in [0.2, 0.25) is 0 Å². The molecule has 0 saturated heterocycles. The molecule has 1 aliphatic heterocycles. The molecule has 1 heterocycles.